The molecule has 2 rings (SSSR count). The van der Waals surface area contributed by atoms with Gasteiger partial charge in [-0.15, -0.1) is 0 Å². The zero-order chi connectivity index (χ0) is 13.8. The average Bonchev–Trinajstić information content (AvgIpc) is 2.41. The summed E-state index contributed by atoms with van der Waals surface area (Å²) in [6, 6.07) is 14.5. The Hall–Kier alpha value is -0.830. The van der Waals surface area contributed by atoms with Crippen molar-refractivity contribution < 1.29 is 0 Å². The monoisotopic (exact) mass is 337 g/mol. The molecule has 0 aliphatic heterocycles. The first kappa shape index (κ1) is 14.6. The van der Waals surface area contributed by atoms with Crippen LogP contribution in [0, 0.1) is 6.92 Å². The summed E-state index contributed by atoms with van der Waals surface area (Å²) < 4.78 is 1.14. The van der Waals surface area contributed by atoms with Crippen LogP contribution in [0.15, 0.2) is 46.9 Å². The molecule has 0 fully saturated rings. The largest absolute Gasteiger partial charge is 0.307 e. The fraction of sp³-hybridized carbons (Fsp3) is 0.250. The molecule has 0 saturated carbocycles. The van der Waals surface area contributed by atoms with Crippen LogP contribution in [0.1, 0.15) is 29.7 Å². The van der Waals surface area contributed by atoms with Crippen LogP contribution in [0.25, 0.3) is 0 Å². The van der Waals surface area contributed by atoms with Gasteiger partial charge in [0, 0.05) is 9.50 Å². The fourth-order valence-electron chi connectivity index (χ4n) is 2.20. The van der Waals surface area contributed by atoms with E-state index in [1.807, 2.05) is 12.1 Å². The minimum absolute atomic E-state index is 0.194. The number of benzene rings is 2. The molecule has 100 valence electrons. The molecule has 19 heavy (non-hydrogen) atoms. The summed E-state index contributed by atoms with van der Waals surface area (Å²) in [5, 5.41) is 4.31. The van der Waals surface area contributed by atoms with E-state index in [0.29, 0.717) is 0 Å². The van der Waals surface area contributed by atoms with Gasteiger partial charge in [-0.3, -0.25) is 0 Å². The van der Waals surface area contributed by atoms with Crippen LogP contribution in [0.2, 0.25) is 5.02 Å². The number of nitrogens with one attached hydrogen (secondary N) is 1. The second-order valence-corrected chi connectivity index (χ2v) is 5.79. The third-order valence-electron chi connectivity index (χ3n) is 3.23. The van der Waals surface area contributed by atoms with Gasteiger partial charge in [0.2, 0.25) is 0 Å². The lowest BCUT2D eigenvalue weighted by molar-refractivity contribution is 0.627. The maximum atomic E-state index is 5.97. The molecule has 0 aromatic heterocycles. The molecule has 0 aliphatic carbocycles. The van der Waals surface area contributed by atoms with Crippen LogP contribution >= 0.6 is 27.5 Å². The highest BCUT2D eigenvalue weighted by Crippen LogP contribution is 2.29. The van der Waals surface area contributed by atoms with Crippen molar-refractivity contribution in [1.29, 1.82) is 0 Å². The van der Waals surface area contributed by atoms with Crippen molar-refractivity contribution in [3.8, 4) is 0 Å². The Labute approximate surface area is 128 Å². The molecule has 0 saturated heterocycles. The second kappa shape index (κ2) is 6.56. The van der Waals surface area contributed by atoms with Crippen LogP contribution in [0.5, 0.6) is 0 Å². The molecule has 2 aromatic carbocycles. The molecule has 0 radical (unpaired) electrons. The van der Waals surface area contributed by atoms with Gasteiger partial charge in [0.05, 0.1) is 6.04 Å². The summed E-state index contributed by atoms with van der Waals surface area (Å²) in [6.45, 7) is 5.18. The van der Waals surface area contributed by atoms with E-state index in [1.165, 1.54) is 16.7 Å². The molecule has 0 aliphatic rings. The lowest BCUT2D eigenvalue weighted by Gasteiger charge is -2.21. The lowest BCUT2D eigenvalue weighted by Crippen LogP contribution is -2.22. The second-order valence-electron chi connectivity index (χ2n) is 4.50. The Morgan fingerprint density at radius 1 is 1.16 bits per heavy atom. The summed E-state index contributed by atoms with van der Waals surface area (Å²) in [7, 11) is 0. The van der Waals surface area contributed by atoms with E-state index in [4.69, 9.17) is 11.6 Å². The first-order valence-electron chi connectivity index (χ1n) is 6.37. The molecule has 0 spiro atoms. The molecule has 1 unspecified atom stereocenters. The van der Waals surface area contributed by atoms with E-state index in [1.54, 1.807) is 0 Å². The average molecular weight is 339 g/mol. The van der Waals surface area contributed by atoms with Crippen molar-refractivity contribution in [3.63, 3.8) is 0 Å². The highest BCUT2D eigenvalue weighted by molar-refractivity contribution is 9.10. The van der Waals surface area contributed by atoms with Gasteiger partial charge in [0.25, 0.3) is 0 Å². The summed E-state index contributed by atoms with van der Waals surface area (Å²) in [4.78, 5) is 0. The van der Waals surface area contributed by atoms with E-state index in [2.05, 4.69) is 65.4 Å². The van der Waals surface area contributed by atoms with E-state index < -0.39 is 0 Å². The van der Waals surface area contributed by atoms with Gasteiger partial charge in [-0.2, -0.15) is 0 Å². The normalized spacial score (nSPS) is 12.4. The molecular weight excluding hydrogens is 322 g/mol. The Bertz CT molecular complexity index is 551. The molecule has 0 bridgehead atoms. The van der Waals surface area contributed by atoms with Gasteiger partial charge in [-0.25, -0.2) is 0 Å². The summed E-state index contributed by atoms with van der Waals surface area (Å²) in [5.74, 6) is 0. The third kappa shape index (κ3) is 3.38. The smallest absolute Gasteiger partial charge is 0.0579 e. The zero-order valence-electron chi connectivity index (χ0n) is 11.1. The van der Waals surface area contributed by atoms with Crippen molar-refractivity contribution in [1.82, 2.24) is 5.32 Å². The molecule has 2 aromatic rings. The van der Waals surface area contributed by atoms with Gasteiger partial charge in [-0.05, 0) is 48.4 Å². The van der Waals surface area contributed by atoms with Gasteiger partial charge in [0.15, 0.2) is 0 Å². The molecule has 3 heteroatoms. The fourth-order valence-corrected chi connectivity index (χ4v) is 2.71. The Morgan fingerprint density at radius 3 is 2.47 bits per heavy atom. The Balaban J connectivity index is 2.45. The minimum atomic E-state index is 0.194. The van der Waals surface area contributed by atoms with Gasteiger partial charge in [-0.1, -0.05) is 58.7 Å². The van der Waals surface area contributed by atoms with Crippen molar-refractivity contribution in [2.45, 2.75) is 19.9 Å². The SMILES string of the molecule is CCNC(c1ccc(Cl)cc1)c1cccc(Br)c1C. The van der Waals surface area contributed by atoms with E-state index in [9.17, 15) is 0 Å². The number of halogens is 2. The lowest BCUT2D eigenvalue weighted by atomic mass is 9.95. The summed E-state index contributed by atoms with van der Waals surface area (Å²) in [5.41, 5.74) is 3.79. The number of rotatable bonds is 4. The topological polar surface area (TPSA) is 12.0 Å². The van der Waals surface area contributed by atoms with Crippen molar-refractivity contribution in [2.24, 2.45) is 0 Å². The maximum absolute atomic E-state index is 5.97. The van der Waals surface area contributed by atoms with E-state index >= 15 is 0 Å². The Kier molecular flexibility index (Phi) is 5.03. The van der Waals surface area contributed by atoms with Crippen LogP contribution in [-0.2, 0) is 0 Å². The standard InChI is InChI=1S/C16H17BrClN/c1-3-19-16(12-7-9-13(18)10-8-12)14-5-4-6-15(17)11(14)2/h4-10,16,19H,3H2,1-2H3. The summed E-state index contributed by atoms with van der Waals surface area (Å²) in [6.07, 6.45) is 0. The Morgan fingerprint density at radius 2 is 1.84 bits per heavy atom. The van der Waals surface area contributed by atoms with Crippen LogP contribution in [0.4, 0.5) is 0 Å². The number of hydrogen-bond donors (Lipinski definition) is 1. The molecule has 1 nitrogen and oxygen atoms in total. The van der Waals surface area contributed by atoms with Gasteiger partial charge >= 0.3 is 0 Å². The zero-order valence-corrected chi connectivity index (χ0v) is 13.4. The van der Waals surface area contributed by atoms with Crippen molar-refractivity contribution in [2.75, 3.05) is 6.54 Å². The van der Waals surface area contributed by atoms with Crippen LogP contribution < -0.4 is 5.32 Å². The predicted octanol–water partition coefficient (Wildman–Crippen LogP) is 5.11. The number of hydrogen-bond acceptors (Lipinski definition) is 1. The minimum Gasteiger partial charge on any atom is -0.307 e. The molecule has 1 atom stereocenters. The van der Waals surface area contributed by atoms with Gasteiger partial charge in [0.1, 0.15) is 0 Å². The van der Waals surface area contributed by atoms with Crippen LogP contribution in [0.3, 0.4) is 0 Å². The van der Waals surface area contributed by atoms with Crippen molar-refractivity contribution >= 4 is 27.5 Å². The molecule has 0 amide bonds. The first-order chi connectivity index (χ1) is 9.13. The van der Waals surface area contributed by atoms with Crippen LogP contribution in [-0.4, -0.2) is 6.54 Å². The highest BCUT2D eigenvalue weighted by atomic mass is 79.9. The molecule has 1 N–H and O–H groups in total. The molecule has 0 heterocycles. The third-order valence-corrected chi connectivity index (χ3v) is 4.34. The van der Waals surface area contributed by atoms with E-state index in [0.717, 1.165) is 16.0 Å². The summed E-state index contributed by atoms with van der Waals surface area (Å²) >= 11 is 9.57. The molecular formula is C16H17BrClN. The highest BCUT2D eigenvalue weighted by Gasteiger charge is 2.15. The van der Waals surface area contributed by atoms with Crippen molar-refractivity contribution in [3.05, 3.63) is 68.7 Å². The first-order valence-corrected chi connectivity index (χ1v) is 7.54. The maximum Gasteiger partial charge on any atom is 0.0579 e. The van der Waals surface area contributed by atoms with E-state index in [-0.39, 0.29) is 6.04 Å². The predicted molar refractivity (Wildman–Crippen MR) is 85.9 cm³/mol. The quantitative estimate of drug-likeness (QED) is 0.817. The van der Waals surface area contributed by atoms with Gasteiger partial charge < -0.3 is 5.32 Å².